The minimum atomic E-state index is -0.262. The minimum Gasteiger partial charge on any atom is -0.457 e. The number of rotatable bonds is 5. The van der Waals surface area contributed by atoms with Crippen LogP contribution in [0.4, 0.5) is 4.39 Å². The molecule has 0 amide bonds. The van der Waals surface area contributed by atoms with Gasteiger partial charge in [-0.2, -0.15) is 0 Å². The highest BCUT2D eigenvalue weighted by Crippen LogP contribution is 2.29. The molecule has 0 unspecified atom stereocenters. The molecule has 0 atom stereocenters. The third-order valence-electron chi connectivity index (χ3n) is 3.23. The van der Waals surface area contributed by atoms with Crippen molar-refractivity contribution in [1.29, 1.82) is 0 Å². The summed E-state index contributed by atoms with van der Waals surface area (Å²) >= 11 is 3.45. The number of hydrogen-bond donors (Lipinski definition) is 1. The van der Waals surface area contributed by atoms with Crippen molar-refractivity contribution in [2.24, 2.45) is 0 Å². The van der Waals surface area contributed by atoms with Crippen LogP contribution in [0.1, 0.15) is 18.4 Å². The van der Waals surface area contributed by atoms with E-state index >= 15 is 0 Å². The van der Waals surface area contributed by atoms with Crippen molar-refractivity contribution in [2.45, 2.75) is 25.4 Å². The van der Waals surface area contributed by atoms with Crippen molar-refractivity contribution >= 4 is 15.9 Å². The summed E-state index contributed by atoms with van der Waals surface area (Å²) in [6.45, 7) is 0.786. The van der Waals surface area contributed by atoms with E-state index in [0.29, 0.717) is 11.8 Å². The standard InChI is InChI=1S/C16H15BrFNO/c17-12-2-1-11(10-19-14-5-6-14)16(9-12)20-15-7-3-13(18)4-8-15/h1-4,7-9,14,19H,5-6,10H2. The smallest absolute Gasteiger partial charge is 0.133 e. The van der Waals surface area contributed by atoms with Gasteiger partial charge in [0.15, 0.2) is 0 Å². The predicted octanol–water partition coefficient (Wildman–Crippen LogP) is 4.63. The molecular weight excluding hydrogens is 321 g/mol. The van der Waals surface area contributed by atoms with E-state index in [1.807, 2.05) is 18.2 Å². The van der Waals surface area contributed by atoms with Crippen LogP contribution in [-0.2, 0) is 6.54 Å². The zero-order valence-electron chi connectivity index (χ0n) is 10.9. The van der Waals surface area contributed by atoms with Gasteiger partial charge in [0.2, 0.25) is 0 Å². The normalized spacial score (nSPS) is 14.3. The molecule has 1 fully saturated rings. The molecule has 0 aliphatic heterocycles. The fourth-order valence-corrected chi connectivity index (χ4v) is 2.28. The first-order valence-electron chi connectivity index (χ1n) is 6.66. The highest BCUT2D eigenvalue weighted by atomic mass is 79.9. The molecule has 1 aliphatic rings. The summed E-state index contributed by atoms with van der Waals surface area (Å²) in [5.41, 5.74) is 1.10. The molecule has 0 aromatic heterocycles. The lowest BCUT2D eigenvalue weighted by molar-refractivity contribution is 0.470. The second-order valence-corrected chi connectivity index (χ2v) is 5.88. The Labute approximate surface area is 126 Å². The summed E-state index contributed by atoms with van der Waals surface area (Å²) in [7, 11) is 0. The van der Waals surface area contributed by atoms with E-state index in [9.17, 15) is 4.39 Å². The van der Waals surface area contributed by atoms with Crippen molar-refractivity contribution in [1.82, 2.24) is 5.32 Å². The largest absolute Gasteiger partial charge is 0.457 e. The van der Waals surface area contributed by atoms with Crippen LogP contribution in [0.3, 0.4) is 0 Å². The summed E-state index contributed by atoms with van der Waals surface area (Å²) in [6.07, 6.45) is 2.51. The Hall–Kier alpha value is -1.39. The molecule has 1 N–H and O–H groups in total. The molecule has 1 saturated carbocycles. The average molecular weight is 336 g/mol. The van der Waals surface area contributed by atoms with Crippen LogP contribution < -0.4 is 10.1 Å². The maximum atomic E-state index is 12.9. The molecule has 3 rings (SSSR count). The summed E-state index contributed by atoms with van der Waals surface area (Å²) in [6, 6.07) is 12.7. The van der Waals surface area contributed by atoms with Crippen LogP contribution in [0, 0.1) is 5.82 Å². The Balaban J connectivity index is 1.78. The van der Waals surface area contributed by atoms with Gasteiger partial charge < -0.3 is 10.1 Å². The Bertz CT molecular complexity index is 596. The van der Waals surface area contributed by atoms with Gasteiger partial charge in [-0.15, -0.1) is 0 Å². The number of ether oxygens (including phenoxy) is 1. The first kappa shape index (κ1) is 13.6. The van der Waals surface area contributed by atoms with Gasteiger partial charge in [-0.3, -0.25) is 0 Å². The Morgan fingerprint density at radius 1 is 1.15 bits per heavy atom. The number of hydrogen-bond acceptors (Lipinski definition) is 2. The lowest BCUT2D eigenvalue weighted by atomic mass is 10.2. The van der Waals surface area contributed by atoms with Crippen LogP contribution in [0.15, 0.2) is 46.9 Å². The van der Waals surface area contributed by atoms with Gasteiger partial charge in [0.1, 0.15) is 17.3 Å². The van der Waals surface area contributed by atoms with Crippen LogP contribution in [-0.4, -0.2) is 6.04 Å². The van der Waals surface area contributed by atoms with E-state index in [2.05, 4.69) is 21.2 Å². The topological polar surface area (TPSA) is 21.3 Å². The fraction of sp³-hybridized carbons (Fsp3) is 0.250. The SMILES string of the molecule is Fc1ccc(Oc2cc(Br)ccc2CNC2CC2)cc1. The number of halogens is 2. The average Bonchev–Trinajstić information content (AvgIpc) is 3.25. The Morgan fingerprint density at radius 2 is 1.90 bits per heavy atom. The van der Waals surface area contributed by atoms with Crippen molar-refractivity contribution in [3.8, 4) is 11.5 Å². The van der Waals surface area contributed by atoms with E-state index in [4.69, 9.17) is 4.74 Å². The quantitative estimate of drug-likeness (QED) is 0.859. The number of benzene rings is 2. The highest BCUT2D eigenvalue weighted by molar-refractivity contribution is 9.10. The molecule has 0 saturated heterocycles. The van der Waals surface area contributed by atoms with Crippen LogP contribution in [0.25, 0.3) is 0 Å². The molecule has 20 heavy (non-hydrogen) atoms. The molecule has 2 aromatic rings. The third kappa shape index (κ3) is 3.58. The van der Waals surface area contributed by atoms with E-state index < -0.39 is 0 Å². The summed E-state index contributed by atoms with van der Waals surface area (Å²) < 4.78 is 19.7. The predicted molar refractivity (Wildman–Crippen MR) is 80.5 cm³/mol. The Morgan fingerprint density at radius 3 is 2.60 bits per heavy atom. The van der Waals surface area contributed by atoms with Crippen LogP contribution >= 0.6 is 15.9 Å². The Kier molecular flexibility index (Phi) is 4.03. The molecule has 0 spiro atoms. The molecule has 1 aliphatic carbocycles. The van der Waals surface area contributed by atoms with Gasteiger partial charge >= 0.3 is 0 Å². The summed E-state index contributed by atoms with van der Waals surface area (Å²) in [5, 5.41) is 3.47. The maximum Gasteiger partial charge on any atom is 0.133 e. The minimum absolute atomic E-state index is 0.262. The van der Waals surface area contributed by atoms with Gasteiger partial charge in [-0.25, -0.2) is 4.39 Å². The van der Waals surface area contributed by atoms with Gasteiger partial charge in [0.25, 0.3) is 0 Å². The lowest BCUT2D eigenvalue weighted by Gasteiger charge is -2.12. The number of nitrogens with one attached hydrogen (secondary N) is 1. The van der Waals surface area contributed by atoms with Gasteiger partial charge in [0, 0.05) is 22.6 Å². The molecular formula is C16H15BrFNO. The highest BCUT2D eigenvalue weighted by Gasteiger charge is 2.20. The van der Waals surface area contributed by atoms with Crippen LogP contribution in [0.2, 0.25) is 0 Å². The monoisotopic (exact) mass is 335 g/mol. The summed E-state index contributed by atoms with van der Waals surface area (Å²) in [5.74, 6) is 1.17. The molecule has 4 heteroatoms. The maximum absolute atomic E-state index is 12.9. The molecule has 2 nitrogen and oxygen atoms in total. The second kappa shape index (κ2) is 5.94. The zero-order valence-corrected chi connectivity index (χ0v) is 12.5. The van der Waals surface area contributed by atoms with E-state index in [1.54, 1.807) is 12.1 Å². The van der Waals surface area contributed by atoms with Crippen LogP contribution in [0.5, 0.6) is 11.5 Å². The summed E-state index contributed by atoms with van der Waals surface area (Å²) in [4.78, 5) is 0. The van der Waals surface area contributed by atoms with Crippen molar-refractivity contribution in [2.75, 3.05) is 0 Å². The molecule has 0 heterocycles. The van der Waals surface area contributed by atoms with Crippen molar-refractivity contribution in [3.05, 3.63) is 58.3 Å². The van der Waals surface area contributed by atoms with E-state index in [-0.39, 0.29) is 5.82 Å². The molecule has 2 aromatic carbocycles. The third-order valence-corrected chi connectivity index (χ3v) is 3.72. The molecule has 0 radical (unpaired) electrons. The van der Waals surface area contributed by atoms with E-state index in [0.717, 1.165) is 22.3 Å². The van der Waals surface area contributed by atoms with E-state index in [1.165, 1.54) is 25.0 Å². The molecule has 104 valence electrons. The molecule has 0 bridgehead atoms. The second-order valence-electron chi connectivity index (χ2n) is 4.96. The van der Waals surface area contributed by atoms with Gasteiger partial charge in [-0.05, 0) is 49.2 Å². The fourth-order valence-electron chi connectivity index (χ4n) is 1.94. The van der Waals surface area contributed by atoms with Gasteiger partial charge in [-0.1, -0.05) is 22.0 Å². The van der Waals surface area contributed by atoms with Crippen molar-refractivity contribution in [3.63, 3.8) is 0 Å². The first-order valence-corrected chi connectivity index (χ1v) is 7.45. The van der Waals surface area contributed by atoms with Crippen molar-refractivity contribution < 1.29 is 9.13 Å². The first-order chi connectivity index (χ1) is 9.70. The lowest BCUT2D eigenvalue weighted by Crippen LogP contribution is -2.15. The van der Waals surface area contributed by atoms with Gasteiger partial charge in [0.05, 0.1) is 0 Å². The zero-order chi connectivity index (χ0) is 13.9.